The number of nitrogens with one attached hydrogen (secondary N) is 1. The van der Waals surface area contributed by atoms with Gasteiger partial charge in [-0.3, -0.25) is 14.9 Å². The van der Waals surface area contributed by atoms with Crippen LogP contribution in [0.25, 0.3) is 0 Å². The van der Waals surface area contributed by atoms with Crippen LogP contribution in [0.5, 0.6) is 0 Å². The Morgan fingerprint density at radius 1 is 0.966 bits per heavy atom. The summed E-state index contributed by atoms with van der Waals surface area (Å²) in [4.78, 5) is 35.1. The fourth-order valence-electron chi connectivity index (χ4n) is 2.77. The number of carbonyl (C=O) groups is 2. The van der Waals surface area contributed by atoms with Gasteiger partial charge < -0.3 is 10.1 Å². The zero-order valence-corrected chi connectivity index (χ0v) is 15.6. The van der Waals surface area contributed by atoms with Gasteiger partial charge in [-0.05, 0) is 42.3 Å². The van der Waals surface area contributed by atoms with Crippen molar-refractivity contribution in [1.82, 2.24) is 0 Å². The summed E-state index contributed by atoms with van der Waals surface area (Å²) in [7, 11) is 0. The number of esters is 1. The van der Waals surface area contributed by atoms with Crippen LogP contribution >= 0.6 is 0 Å². The first-order chi connectivity index (χ1) is 14.0. The molecule has 3 aromatic rings. The Morgan fingerprint density at radius 3 is 2.31 bits per heavy atom. The number of benzene rings is 3. The van der Waals surface area contributed by atoms with Crippen LogP contribution in [-0.4, -0.2) is 16.8 Å². The van der Waals surface area contributed by atoms with Crippen molar-refractivity contribution in [3.05, 3.63) is 105 Å². The molecule has 29 heavy (non-hydrogen) atoms. The van der Waals surface area contributed by atoms with Gasteiger partial charge in [0.1, 0.15) is 12.2 Å². The maximum Gasteiger partial charge on any atom is 0.345 e. The average Bonchev–Trinajstić information content (AvgIpc) is 2.72. The Labute approximate surface area is 167 Å². The highest BCUT2D eigenvalue weighted by Gasteiger charge is 2.23. The first-order valence-corrected chi connectivity index (χ1v) is 8.82. The van der Waals surface area contributed by atoms with Crippen LogP contribution in [0.2, 0.25) is 0 Å². The summed E-state index contributed by atoms with van der Waals surface area (Å²) in [5.41, 5.74) is 1.93. The maximum absolute atomic E-state index is 12.4. The number of anilines is 1. The third kappa shape index (κ3) is 4.84. The molecule has 1 amide bonds. The van der Waals surface area contributed by atoms with Gasteiger partial charge in [0.15, 0.2) is 0 Å². The Balaban J connectivity index is 1.64. The number of hydrogen-bond acceptors (Lipinski definition) is 5. The Morgan fingerprint density at radius 2 is 1.66 bits per heavy atom. The predicted molar refractivity (Wildman–Crippen MR) is 108 cm³/mol. The number of nitro groups is 1. The summed E-state index contributed by atoms with van der Waals surface area (Å²) >= 11 is 0. The van der Waals surface area contributed by atoms with Gasteiger partial charge in [0, 0.05) is 17.3 Å². The highest BCUT2D eigenvalue weighted by atomic mass is 16.6. The summed E-state index contributed by atoms with van der Waals surface area (Å²) < 4.78 is 5.24. The highest BCUT2D eigenvalue weighted by Crippen LogP contribution is 2.23. The summed E-state index contributed by atoms with van der Waals surface area (Å²) in [5, 5.41) is 13.9. The average molecular weight is 390 g/mol. The van der Waals surface area contributed by atoms with E-state index in [1.54, 1.807) is 49.4 Å². The molecule has 0 atom stereocenters. The molecule has 0 unspecified atom stereocenters. The second-order valence-electron chi connectivity index (χ2n) is 6.32. The summed E-state index contributed by atoms with van der Waals surface area (Å²) in [5.74, 6) is -1.02. The maximum atomic E-state index is 12.4. The van der Waals surface area contributed by atoms with E-state index < -0.39 is 10.9 Å². The summed E-state index contributed by atoms with van der Waals surface area (Å²) in [6.45, 7) is 1.55. The topological polar surface area (TPSA) is 98.5 Å². The molecule has 3 aromatic carbocycles. The molecule has 0 saturated heterocycles. The van der Waals surface area contributed by atoms with Gasteiger partial charge in [-0.2, -0.15) is 0 Å². The van der Waals surface area contributed by atoms with E-state index in [1.807, 2.05) is 18.2 Å². The van der Waals surface area contributed by atoms with Crippen LogP contribution in [0.3, 0.4) is 0 Å². The number of rotatable bonds is 6. The molecule has 7 nitrogen and oxygen atoms in total. The number of nitro benzene ring substituents is 1. The Hall–Kier alpha value is -4.00. The molecule has 0 spiro atoms. The molecule has 0 aliphatic heterocycles. The number of amides is 1. The summed E-state index contributed by atoms with van der Waals surface area (Å²) in [6.07, 6.45) is 0. The van der Waals surface area contributed by atoms with Gasteiger partial charge in [0.25, 0.3) is 11.6 Å². The monoisotopic (exact) mass is 390 g/mol. The van der Waals surface area contributed by atoms with E-state index in [2.05, 4.69) is 5.32 Å². The molecule has 0 aromatic heterocycles. The van der Waals surface area contributed by atoms with Crippen molar-refractivity contribution in [3.8, 4) is 0 Å². The first-order valence-electron chi connectivity index (χ1n) is 8.82. The molecule has 0 saturated carbocycles. The molecular formula is C22H18N2O5. The fourth-order valence-corrected chi connectivity index (χ4v) is 2.77. The van der Waals surface area contributed by atoms with E-state index in [-0.39, 0.29) is 23.8 Å². The van der Waals surface area contributed by atoms with E-state index in [0.717, 1.165) is 0 Å². The van der Waals surface area contributed by atoms with Crippen LogP contribution < -0.4 is 5.32 Å². The number of carbonyl (C=O) groups excluding carboxylic acids is 2. The smallest absolute Gasteiger partial charge is 0.345 e. The van der Waals surface area contributed by atoms with Gasteiger partial charge >= 0.3 is 5.97 Å². The van der Waals surface area contributed by atoms with E-state index in [9.17, 15) is 19.7 Å². The second-order valence-corrected chi connectivity index (χ2v) is 6.32. The Kier molecular flexibility index (Phi) is 5.99. The number of nitrogens with zero attached hydrogens (tertiary/aromatic N) is 1. The molecule has 1 N–H and O–H groups in total. The van der Waals surface area contributed by atoms with Crippen LogP contribution in [0.15, 0.2) is 72.8 Å². The highest BCUT2D eigenvalue weighted by molar-refractivity contribution is 6.04. The molecule has 0 fully saturated rings. The number of para-hydroxylation sites is 1. The van der Waals surface area contributed by atoms with Crippen LogP contribution in [0.1, 0.15) is 31.8 Å². The molecule has 0 radical (unpaired) electrons. The predicted octanol–water partition coefficient (Wildman–Crippen LogP) is 4.51. The lowest BCUT2D eigenvalue weighted by Gasteiger charge is -2.09. The van der Waals surface area contributed by atoms with Crippen molar-refractivity contribution in [2.45, 2.75) is 13.5 Å². The SMILES string of the molecule is Cc1cccc([N+](=O)[O-])c1C(=O)OCc1ccc(C(=O)Nc2ccccc2)cc1. The third-order valence-corrected chi connectivity index (χ3v) is 4.27. The van der Waals surface area contributed by atoms with Crippen LogP contribution in [0.4, 0.5) is 11.4 Å². The van der Waals surface area contributed by atoms with Gasteiger partial charge in [-0.15, -0.1) is 0 Å². The van der Waals surface area contributed by atoms with Crippen molar-refractivity contribution in [2.24, 2.45) is 0 Å². The minimum atomic E-state index is -0.763. The van der Waals surface area contributed by atoms with Crippen LogP contribution in [-0.2, 0) is 11.3 Å². The van der Waals surface area contributed by atoms with Crippen molar-refractivity contribution < 1.29 is 19.2 Å². The summed E-state index contributed by atoms with van der Waals surface area (Å²) in [6, 6.07) is 20.1. The Bertz CT molecular complexity index is 1050. The molecular weight excluding hydrogens is 372 g/mol. The van der Waals surface area contributed by atoms with Crippen molar-refractivity contribution in [3.63, 3.8) is 0 Å². The zero-order chi connectivity index (χ0) is 20.8. The molecule has 146 valence electrons. The van der Waals surface area contributed by atoms with Gasteiger partial charge in [0.2, 0.25) is 0 Å². The third-order valence-electron chi connectivity index (χ3n) is 4.27. The molecule has 7 heteroatoms. The molecule has 0 heterocycles. The minimum Gasteiger partial charge on any atom is -0.457 e. The lowest BCUT2D eigenvalue weighted by atomic mass is 10.1. The van der Waals surface area contributed by atoms with Crippen molar-refractivity contribution >= 4 is 23.3 Å². The van der Waals surface area contributed by atoms with Gasteiger partial charge in [-0.1, -0.05) is 42.5 Å². The molecule has 0 aliphatic rings. The number of hydrogen-bond donors (Lipinski definition) is 1. The number of ether oxygens (including phenoxy) is 1. The molecule has 3 rings (SSSR count). The minimum absolute atomic E-state index is 0.0589. The lowest BCUT2D eigenvalue weighted by molar-refractivity contribution is -0.385. The second kappa shape index (κ2) is 8.79. The molecule has 0 bridgehead atoms. The quantitative estimate of drug-likeness (QED) is 0.379. The fraction of sp³-hybridized carbons (Fsp3) is 0.0909. The van der Waals surface area contributed by atoms with E-state index in [4.69, 9.17) is 4.74 Å². The largest absolute Gasteiger partial charge is 0.457 e. The van der Waals surface area contributed by atoms with E-state index in [1.165, 1.54) is 12.1 Å². The standard InChI is InChI=1S/C22H18N2O5/c1-15-6-5-9-19(24(27)28)20(15)22(26)29-14-16-10-12-17(13-11-16)21(25)23-18-7-3-2-4-8-18/h2-13H,14H2,1H3,(H,23,25). The van der Waals surface area contributed by atoms with Gasteiger partial charge in [0.05, 0.1) is 4.92 Å². The van der Waals surface area contributed by atoms with Gasteiger partial charge in [-0.25, -0.2) is 4.79 Å². The van der Waals surface area contributed by atoms with Crippen molar-refractivity contribution in [1.29, 1.82) is 0 Å². The normalized spacial score (nSPS) is 10.2. The van der Waals surface area contributed by atoms with Crippen molar-refractivity contribution in [2.75, 3.05) is 5.32 Å². The zero-order valence-electron chi connectivity index (χ0n) is 15.6. The van der Waals surface area contributed by atoms with E-state index >= 15 is 0 Å². The molecule has 0 aliphatic carbocycles. The van der Waals surface area contributed by atoms with E-state index in [0.29, 0.717) is 22.4 Å². The lowest BCUT2D eigenvalue weighted by Crippen LogP contribution is -2.12. The number of aryl methyl sites for hydroxylation is 1. The van der Waals surface area contributed by atoms with Crippen LogP contribution in [0, 0.1) is 17.0 Å². The first kappa shape index (κ1) is 19.8.